The van der Waals surface area contributed by atoms with Gasteiger partial charge in [0, 0.05) is 18.8 Å². The zero-order valence-electron chi connectivity index (χ0n) is 11.3. The summed E-state index contributed by atoms with van der Waals surface area (Å²) in [6.45, 7) is 3.50. The largest absolute Gasteiger partial charge is 0.382 e. The normalized spacial score (nSPS) is 19.5. The van der Waals surface area contributed by atoms with Crippen molar-refractivity contribution in [3.05, 3.63) is 24.3 Å². The number of benzene rings is 1. The van der Waals surface area contributed by atoms with E-state index < -0.39 is 9.84 Å². The van der Waals surface area contributed by atoms with Gasteiger partial charge in [-0.3, -0.25) is 0 Å². The lowest BCUT2D eigenvalue weighted by molar-refractivity contribution is 0.120. The summed E-state index contributed by atoms with van der Waals surface area (Å²) in [4.78, 5) is 0.400. The molecule has 0 saturated carbocycles. The van der Waals surface area contributed by atoms with Crippen LogP contribution in [0.4, 0.5) is 5.69 Å². The molecule has 0 aliphatic carbocycles. The third-order valence-corrected chi connectivity index (χ3v) is 5.18. The van der Waals surface area contributed by atoms with Gasteiger partial charge in [0.2, 0.25) is 0 Å². The van der Waals surface area contributed by atoms with Crippen molar-refractivity contribution in [3.8, 4) is 0 Å². The van der Waals surface area contributed by atoms with Crippen LogP contribution >= 0.6 is 0 Å². The van der Waals surface area contributed by atoms with E-state index in [4.69, 9.17) is 4.74 Å². The van der Waals surface area contributed by atoms with Crippen molar-refractivity contribution >= 4 is 15.5 Å². The highest BCUT2D eigenvalue weighted by Gasteiger charge is 2.15. The smallest absolute Gasteiger partial charge is 0.178 e. The summed E-state index contributed by atoms with van der Waals surface area (Å²) in [5, 5.41) is 3.28. The molecule has 1 aromatic carbocycles. The number of hydrogen-bond acceptors (Lipinski definition) is 4. The lowest BCUT2D eigenvalue weighted by Crippen LogP contribution is -2.18. The zero-order chi connectivity index (χ0) is 13.7. The second kappa shape index (κ2) is 6.39. The van der Waals surface area contributed by atoms with Crippen molar-refractivity contribution < 1.29 is 13.2 Å². The number of sulfone groups is 1. The van der Waals surface area contributed by atoms with Crippen molar-refractivity contribution in [1.82, 2.24) is 0 Å². The molecule has 1 saturated heterocycles. The van der Waals surface area contributed by atoms with Crippen molar-refractivity contribution in [1.29, 1.82) is 0 Å². The van der Waals surface area contributed by atoms with E-state index in [2.05, 4.69) is 5.32 Å². The second-order valence-electron chi connectivity index (χ2n) is 4.86. The first-order valence-electron chi connectivity index (χ1n) is 6.80. The maximum Gasteiger partial charge on any atom is 0.178 e. The van der Waals surface area contributed by atoms with Gasteiger partial charge in [0.25, 0.3) is 0 Å². The highest BCUT2D eigenvalue weighted by Crippen LogP contribution is 2.17. The minimum atomic E-state index is -3.11. The summed E-state index contributed by atoms with van der Waals surface area (Å²) in [6.07, 6.45) is 3.14. The Morgan fingerprint density at radius 2 is 2.05 bits per heavy atom. The van der Waals surface area contributed by atoms with Gasteiger partial charge in [-0.15, -0.1) is 0 Å². The number of hydrogen-bond donors (Lipinski definition) is 1. The van der Waals surface area contributed by atoms with Crippen LogP contribution in [-0.2, 0) is 14.6 Å². The number of rotatable bonds is 6. The Labute approximate surface area is 115 Å². The van der Waals surface area contributed by atoms with Gasteiger partial charge in [-0.25, -0.2) is 8.42 Å². The Hall–Kier alpha value is -1.07. The molecule has 1 atom stereocenters. The van der Waals surface area contributed by atoms with Gasteiger partial charge >= 0.3 is 0 Å². The Bertz CT molecular complexity index is 490. The van der Waals surface area contributed by atoms with Gasteiger partial charge in [-0.1, -0.05) is 6.92 Å². The molecular formula is C14H21NO3S. The molecular weight excluding hydrogens is 262 g/mol. The van der Waals surface area contributed by atoms with Gasteiger partial charge in [-0.2, -0.15) is 0 Å². The second-order valence-corrected chi connectivity index (χ2v) is 6.97. The Balaban J connectivity index is 1.94. The Morgan fingerprint density at radius 1 is 1.32 bits per heavy atom. The Morgan fingerprint density at radius 3 is 2.63 bits per heavy atom. The van der Waals surface area contributed by atoms with E-state index in [-0.39, 0.29) is 11.9 Å². The molecule has 1 heterocycles. The molecule has 0 aromatic heterocycles. The predicted octanol–water partition coefficient (Wildman–Crippen LogP) is 2.46. The van der Waals surface area contributed by atoms with E-state index in [9.17, 15) is 8.42 Å². The molecule has 0 radical (unpaired) electrons. The van der Waals surface area contributed by atoms with Crippen molar-refractivity contribution in [2.24, 2.45) is 0 Å². The molecule has 5 heteroatoms. The molecule has 1 aliphatic rings. The van der Waals surface area contributed by atoms with Crippen LogP contribution in [0, 0.1) is 0 Å². The summed E-state index contributed by atoms with van der Waals surface area (Å²) >= 11 is 0. The minimum absolute atomic E-state index is 0.204. The van der Waals surface area contributed by atoms with Crippen LogP contribution in [0.2, 0.25) is 0 Å². The van der Waals surface area contributed by atoms with Gasteiger partial charge in [-0.05, 0) is 43.5 Å². The molecule has 0 bridgehead atoms. The van der Waals surface area contributed by atoms with Crippen LogP contribution in [0.1, 0.15) is 26.2 Å². The van der Waals surface area contributed by atoms with Gasteiger partial charge < -0.3 is 10.1 Å². The fourth-order valence-electron chi connectivity index (χ4n) is 2.20. The summed E-state index contributed by atoms with van der Waals surface area (Å²) in [7, 11) is -3.11. The van der Waals surface area contributed by atoms with Gasteiger partial charge in [0.05, 0.1) is 16.8 Å². The Kier molecular flexibility index (Phi) is 4.82. The quantitative estimate of drug-likeness (QED) is 0.871. The van der Waals surface area contributed by atoms with E-state index in [1.54, 1.807) is 12.1 Å². The lowest BCUT2D eigenvalue weighted by Gasteiger charge is -2.12. The molecule has 1 aromatic rings. The molecule has 0 amide bonds. The van der Waals surface area contributed by atoms with Crippen LogP contribution in [0.3, 0.4) is 0 Å². The van der Waals surface area contributed by atoms with E-state index >= 15 is 0 Å². The number of ether oxygens (including phenoxy) is 1. The molecule has 1 fully saturated rings. The average molecular weight is 283 g/mol. The maximum atomic E-state index is 11.9. The molecule has 1 aliphatic heterocycles. The zero-order valence-corrected chi connectivity index (χ0v) is 12.1. The van der Waals surface area contributed by atoms with E-state index in [0.717, 1.165) is 31.7 Å². The van der Waals surface area contributed by atoms with Crippen molar-refractivity contribution in [2.45, 2.75) is 37.2 Å². The monoisotopic (exact) mass is 283 g/mol. The molecule has 0 spiro atoms. The summed E-state index contributed by atoms with van der Waals surface area (Å²) < 4.78 is 29.3. The standard InChI is InChI=1S/C14H21NO3S/c1-2-10-19(16,17)14-7-5-12(6-8-14)15-11-13-4-3-9-18-13/h5-8,13,15H,2-4,9-11H2,1H3. The fourth-order valence-corrected chi connectivity index (χ4v) is 3.53. The third kappa shape index (κ3) is 3.94. The lowest BCUT2D eigenvalue weighted by atomic mass is 10.2. The average Bonchev–Trinajstić information content (AvgIpc) is 2.90. The molecule has 2 rings (SSSR count). The fraction of sp³-hybridized carbons (Fsp3) is 0.571. The van der Waals surface area contributed by atoms with E-state index in [1.807, 2.05) is 19.1 Å². The van der Waals surface area contributed by atoms with Crippen LogP contribution in [0.5, 0.6) is 0 Å². The summed E-state index contributed by atoms with van der Waals surface area (Å²) in [6, 6.07) is 6.97. The topological polar surface area (TPSA) is 55.4 Å². The predicted molar refractivity (Wildman–Crippen MR) is 76.2 cm³/mol. The summed E-state index contributed by atoms with van der Waals surface area (Å²) in [5.41, 5.74) is 0.936. The first kappa shape index (κ1) is 14.3. The maximum absolute atomic E-state index is 11.9. The van der Waals surface area contributed by atoms with Crippen LogP contribution in [-0.4, -0.2) is 33.4 Å². The molecule has 19 heavy (non-hydrogen) atoms. The molecule has 4 nitrogen and oxygen atoms in total. The van der Waals surface area contributed by atoms with Crippen LogP contribution in [0.25, 0.3) is 0 Å². The highest BCUT2D eigenvalue weighted by atomic mass is 32.2. The number of anilines is 1. The van der Waals surface area contributed by atoms with Crippen molar-refractivity contribution in [2.75, 3.05) is 24.2 Å². The number of nitrogens with one attached hydrogen (secondary N) is 1. The SMILES string of the molecule is CCCS(=O)(=O)c1ccc(NCC2CCCO2)cc1. The van der Waals surface area contributed by atoms with E-state index in [0.29, 0.717) is 11.3 Å². The van der Waals surface area contributed by atoms with Gasteiger partial charge in [0.15, 0.2) is 9.84 Å². The summed E-state index contributed by atoms with van der Waals surface area (Å²) in [5.74, 6) is 0.204. The van der Waals surface area contributed by atoms with Crippen molar-refractivity contribution in [3.63, 3.8) is 0 Å². The molecule has 106 valence electrons. The van der Waals surface area contributed by atoms with Crippen LogP contribution < -0.4 is 5.32 Å². The minimum Gasteiger partial charge on any atom is -0.382 e. The molecule has 1 unspecified atom stereocenters. The highest BCUT2D eigenvalue weighted by molar-refractivity contribution is 7.91. The first-order valence-corrected chi connectivity index (χ1v) is 8.45. The first-order chi connectivity index (χ1) is 9.12. The third-order valence-electron chi connectivity index (χ3n) is 3.24. The van der Waals surface area contributed by atoms with Gasteiger partial charge in [0.1, 0.15) is 0 Å². The molecule has 1 N–H and O–H groups in total. The van der Waals surface area contributed by atoms with E-state index in [1.165, 1.54) is 0 Å². The van der Waals surface area contributed by atoms with Crippen LogP contribution in [0.15, 0.2) is 29.2 Å².